The van der Waals surface area contributed by atoms with Gasteiger partial charge in [0.15, 0.2) is 0 Å². The highest BCUT2D eigenvalue weighted by atomic mass is 16.1. The van der Waals surface area contributed by atoms with Crippen LogP contribution in [-0.4, -0.2) is 35.1 Å². The Labute approximate surface area is 96.3 Å². The smallest absolute Gasteiger partial charge is 0.239 e. The van der Waals surface area contributed by atoms with Gasteiger partial charge in [0.25, 0.3) is 0 Å². The molecule has 0 saturated carbocycles. The molecule has 0 aromatic carbocycles. The second-order valence-electron chi connectivity index (χ2n) is 3.59. The first-order valence-corrected chi connectivity index (χ1v) is 5.74. The molecule has 1 aromatic heterocycles. The first kappa shape index (κ1) is 12.7. The lowest BCUT2D eigenvalue weighted by Crippen LogP contribution is -2.26. The molecule has 0 aliphatic carbocycles. The summed E-state index contributed by atoms with van der Waals surface area (Å²) in [5.41, 5.74) is 1.02. The topological polar surface area (TPSA) is 59.0 Å². The minimum Gasteiger partial charge on any atom is -0.355 e. The van der Waals surface area contributed by atoms with Crippen LogP contribution in [0.4, 0.5) is 0 Å². The zero-order valence-corrected chi connectivity index (χ0v) is 9.99. The van der Waals surface area contributed by atoms with Crippen LogP contribution in [0.15, 0.2) is 12.5 Å². The monoisotopic (exact) mass is 224 g/mol. The van der Waals surface area contributed by atoms with Gasteiger partial charge in [-0.25, -0.2) is 4.98 Å². The molecule has 90 valence electrons. The number of carbonyl (C=O) groups excluding carboxylic acids is 1. The highest BCUT2D eigenvalue weighted by Gasteiger charge is 2.02. The van der Waals surface area contributed by atoms with Crippen molar-refractivity contribution in [3.63, 3.8) is 0 Å². The van der Waals surface area contributed by atoms with Gasteiger partial charge in [-0.3, -0.25) is 4.79 Å². The summed E-state index contributed by atoms with van der Waals surface area (Å²) in [5.74, 6) is 0.0260. The summed E-state index contributed by atoms with van der Waals surface area (Å²) in [7, 11) is 0. The molecule has 1 amide bonds. The molecule has 5 nitrogen and oxygen atoms in total. The molecule has 0 aliphatic heterocycles. The van der Waals surface area contributed by atoms with Crippen molar-refractivity contribution in [3.05, 3.63) is 18.2 Å². The van der Waals surface area contributed by atoms with Crippen molar-refractivity contribution in [2.24, 2.45) is 0 Å². The van der Waals surface area contributed by atoms with E-state index in [1.807, 2.05) is 17.7 Å². The lowest BCUT2D eigenvalue weighted by Gasteiger charge is -2.02. The summed E-state index contributed by atoms with van der Waals surface area (Å²) in [6, 6.07) is 0. The number of aromatic nitrogens is 2. The van der Waals surface area contributed by atoms with Crippen LogP contribution < -0.4 is 10.6 Å². The van der Waals surface area contributed by atoms with Crippen molar-refractivity contribution >= 4 is 5.91 Å². The molecule has 1 rings (SSSR count). The quantitative estimate of drug-likeness (QED) is 0.649. The molecule has 0 atom stereocenters. The van der Waals surface area contributed by atoms with Crippen LogP contribution in [0.2, 0.25) is 0 Å². The zero-order chi connectivity index (χ0) is 11.8. The summed E-state index contributed by atoms with van der Waals surface area (Å²) in [6.45, 7) is 6.90. The van der Waals surface area contributed by atoms with Crippen molar-refractivity contribution in [1.82, 2.24) is 20.2 Å². The predicted octanol–water partition coefficient (Wildman–Crippen LogP) is 0.171. The van der Waals surface area contributed by atoms with Crippen molar-refractivity contribution in [3.8, 4) is 0 Å². The number of likely N-dealkylation sites (N-methyl/N-ethyl adjacent to an activating group) is 2. The van der Waals surface area contributed by atoms with Gasteiger partial charge in [-0.05, 0) is 13.5 Å². The standard InChI is InChI=1S/C11H20N4O/c1-3-12-6-5-10-7-15(9-14-10)8-11(16)13-4-2/h7,9,12H,3-6,8H2,1-2H3,(H,13,16). The summed E-state index contributed by atoms with van der Waals surface area (Å²) in [6.07, 6.45) is 4.53. The van der Waals surface area contributed by atoms with Crippen LogP contribution in [0.1, 0.15) is 19.5 Å². The fraction of sp³-hybridized carbons (Fsp3) is 0.636. The van der Waals surface area contributed by atoms with E-state index in [4.69, 9.17) is 0 Å². The third-order valence-corrected chi connectivity index (χ3v) is 2.19. The molecule has 2 N–H and O–H groups in total. The van der Waals surface area contributed by atoms with Gasteiger partial charge in [0.1, 0.15) is 6.54 Å². The summed E-state index contributed by atoms with van der Waals surface area (Å²) in [4.78, 5) is 15.6. The Balaban J connectivity index is 2.36. The molecule has 0 aliphatic rings. The summed E-state index contributed by atoms with van der Waals surface area (Å²) in [5, 5.41) is 5.99. The third-order valence-electron chi connectivity index (χ3n) is 2.19. The van der Waals surface area contributed by atoms with Crippen LogP contribution in [0.25, 0.3) is 0 Å². The number of nitrogens with zero attached hydrogens (tertiary/aromatic N) is 2. The van der Waals surface area contributed by atoms with Crippen LogP contribution >= 0.6 is 0 Å². The molecule has 0 bridgehead atoms. The van der Waals surface area contributed by atoms with Crippen molar-refractivity contribution in [2.45, 2.75) is 26.8 Å². The molecule has 1 aromatic rings. The van der Waals surface area contributed by atoms with E-state index in [0.717, 1.165) is 25.2 Å². The SMILES string of the molecule is CCNCCc1cn(CC(=O)NCC)cn1. The van der Waals surface area contributed by atoms with E-state index in [0.29, 0.717) is 13.1 Å². The van der Waals surface area contributed by atoms with E-state index in [1.54, 1.807) is 6.33 Å². The van der Waals surface area contributed by atoms with Crippen molar-refractivity contribution < 1.29 is 4.79 Å². The van der Waals surface area contributed by atoms with Gasteiger partial charge in [0.2, 0.25) is 5.91 Å². The molecule has 0 radical (unpaired) electrons. The number of hydrogen-bond acceptors (Lipinski definition) is 3. The average molecular weight is 224 g/mol. The minimum absolute atomic E-state index is 0.0260. The number of imidazole rings is 1. The zero-order valence-electron chi connectivity index (χ0n) is 9.99. The first-order chi connectivity index (χ1) is 7.76. The lowest BCUT2D eigenvalue weighted by molar-refractivity contribution is -0.121. The number of rotatable bonds is 7. The maximum Gasteiger partial charge on any atom is 0.239 e. The second-order valence-corrected chi connectivity index (χ2v) is 3.59. The maximum atomic E-state index is 11.3. The van der Waals surface area contributed by atoms with E-state index in [9.17, 15) is 4.79 Å². The predicted molar refractivity (Wildman–Crippen MR) is 63.2 cm³/mol. The average Bonchev–Trinajstić information content (AvgIpc) is 2.66. The van der Waals surface area contributed by atoms with Gasteiger partial charge in [0, 0.05) is 25.7 Å². The Bertz CT molecular complexity index is 322. The van der Waals surface area contributed by atoms with E-state index < -0.39 is 0 Å². The van der Waals surface area contributed by atoms with E-state index in [2.05, 4.69) is 22.5 Å². The summed E-state index contributed by atoms with van der Waals surface area (Å²) < 4.78 is 1.81. The number of hydrogen-bond donors (Lipinski definition) is 2. The highest BCUT2D eigenvalue weighted by molar-refractivity contribution is 5.75. The number of amides is 1. The van der Waals surface area contributed by atoms with E-state index in [1.165, 1.54) is 0 Å². The van der Waals surface area contributed by atoms with Crippen molar-refractivity contribution in [1.29, 1.82) is 0 Å². The van der Waals surface area contributed by atoms with Crippen LogP contribution in [0.5, 0.6) is 0 Å². The molecule has 1 heterocycles. The van der Waals surface area contributed by atoms with Gasteiger partial charge in [0.05, 0.1) is 12.0 Å². The van der Waals surface area contributed by atoms with Crippen molar-refractivity contribution in [2.75, 3.05) is 19.6 Å². The molecule has 0 saturated heterocycles. The largest absolute Gasteiger partial charge is 0.355 e. The highest BCUT2D eigenvalue weighted by Crippen LogP contribution is 1.96. The van der Waals surface area contributed by atoms with E-state index in [-0.39, 0.29) is 5.91 Å². The lowest BCUT2D eigenvalue weighted by atomic mass is 10.3. The Morgan fingerprint density at radius 1 is 1.44 bits per heavy atom. The van der Waals surface area contributed by atoms with Gasteiger partial charge >= 0.3 is 0 Å². The van der Waals surface area contributed by atoms with Gasteiger partial charge in [-0.2, -0.15) is 0 Å². The number of nitrogens with one attached hydrogen (secondary N) is 2. The first-order valence-electron chi connectivity index (χ1n) is 5.74. The Kier molecular flexibility index (Phi) is 5.56. The molecule has 0 fully saturated rings. The fourth-order valence-corrected chi connectivity index (χ4v) is 1.43. The summed E-state index contributed by atoms with van der Waals surface area (Å²) >= 11 is 0. The molecule has 0 unspecified atom stereocenters. The third kappa shape index (κ3) is 4.44. The molecule has 5 heteroatoms. The normalized spacial score (nSPS) is 10.4. The van der Waals surface area contributed by atoms with Gasteiger partial charge in [-0.15, -0.1) is 0 Å². The Morgan fingerprint density at radius 3 is 2.94 bits per heavy atom. The van der Waals surface area contributed by atoms with Crippen LogP contribution in [0.3, 0.4) is 0 Å². The molecule has 16 heavy (non-hydrogen) atoms. The Hall–Kier alpha value is -1.36. The fourth-order valence-electron chi connectivity index (χ4n) is 1.43. The van der Waals surface area contributed by atoms with Crippen LogP contribution in [0, 0.1) is 0 Å². The minimum atomic E-state index is 0.0260. The van der Waals surface area contributed by atoms with Crippen LogP contribution in [-0.2, 0) is 17.8 Å². The number of carbonyl (C=O) groups is 1. The molecular weight excluding hydrogens is 204 g/mol. The second kappa shape index (κ2) is 7.00. The Morgan fingerprint density at radius 2 is 2.25 bits per heavy atom. The molecule has 0 spiro atoms. The molecular formula is C11H20N4O. The van der Waals surface area contributed by atoms with E-state index >= 15 is 0 Å². The van der Waals surface area contributed by atoms with Gasteiger partial charge in [-0.1, -0.05) is 6.92 Å². The van der Waals surface area contributed by atoms with Gasteiger partial charge < -0.3 is 15.2 Å². The maximum absolute atomic E-state index is 11.3.